The summed E-state index contributed by atoms with van der Waals surface area (Å²) in [6.07, 6.45) is 7.18. The molecule has 1 saturated heterocycles. The quantitative estimate of drug-likeness (QED) is 0.920. The summed E-state index contributed by atoms with van der Waals surface area (Å²) in [6.45, 7) is 7.51. The largest absolute Gasteiger partial charge is 0.345 e. The molecule has 1 saturated carbocycles. The molecule has 1 aromatic rings. The highest BCUT2D eigenvalue weighted by Crippen LogP contribution is 2.33. The molecular formula is C17H28N4OS. The standard InChI is InChI=1S/C17H28N4OS/c1-3-13-12-19-16(23-13)21-10-8-20(9-11-21)15(22)14-6-4-5-7-17(14,2)18/h12,14H,3-11,18H2,1-2H3. The highest BCUT2D eigenvalue weighted by molar-refractivity contribution is 7.15. The average Bonchev–Trinajstić information content (AvgIpc) is 3.03. The summed E-state index contributed by atoms with van der Waals surface area (Å²) in [5, 5.41) is 1.09. The molecular weight excluding hydrogens is 308 g/mol. The Morgan fingerprint density at radius 2 is 2.13 bits per heavy atom. The first-order valence-electron chi connectivity index (χ1n) is 8.78. The Morgan fingerprint density at radius 3 is 2.74 bits per heavy atom. The van der Waals surface area contributed by atoms with Crippen LogP contribution in [0.25, 0.3) is 0 Å². The Kier molecular flexibility index (Phi) is 4.92. The van der Waals surface area contributed by atoms with Crippen molar-refractivity contribution < 1.29 is 4.79 Å². The second-order valence-corrected chi connectivity index (χ2v) is 8.17. The Balaban J connectivity index is 1.59. The number of anilines is 1. The van der Waals surface area contributed by atoms with Crippen molar-refractivity contribution in [3.63, 3.8) is 0 Å². The number of piperazine rings is 1. The maximum absolute atomic E-state index is 12.9. The van der Waals surface area contributed by atoms with Crippen molar-refractivity contribution in [1.82, 2.24) is 9.88 Å². The third kappa shape index (κ3) is 3.53. The van der Waals surface area contributed by atoms with Gasteiger partial charge in [0.2, 0.25) is 5.91 Å². The van der Waals surface area contributed by atoms with E-state index in [0.717, 1.165) is 63.4 Å². The minimum Gasteiger partial charge on any atom is -0.345 e. The molecule has 1 amide bonds. The molecule has 6 heteroatoms. The first kappa shape index (κ1) is 16.7. The van der Waals surface area contributed by atoms with E-state index in [0.29, 0.717) is 0 Å². The van der Waals surface area contributed by atoms with E-state index in [1.54, 1.807) is 11.3 Å². The summed E-state index contributed by atoms with van der Waals surface area (Å²) in [5.41, 5.74) is 6.06. The minimum absolute atomic E-state index is 0.00523. The summed E-state index contributed by atoms with van der Waals surface area (Å²) in [6, 6.07) is 0. The van der Waals surface area contributed by atoms with E-state index in [2.05, 4.69) is 16.8 Å². The lowest BCUT2D eigenvalue weighted by atomic mass is 9.74. The summed E-state index contributed by atoms with van der Waals surface area (Å²) >= 11 is 1.77. The van der Waals surface area contributed by atoms with Gasteiger partial charge in [-0.1, -0.05) is 19.8 Å². The molecule has 2 N–H and O–H groups in total. The molecule has 1 aromatic heterocycles. The highest BCUT2D eigenvalue weighted by Gasteiger charge is 2.40. The van der Waals surface area contributed by atoms with Crippen LogP contribution in [-0.4, -0.2) is 47.5 Å². The Hall–Kier alpha value is -1.14. The van der Waals surface area contributed by atoms with Gasteiger partial charge in [0.25, 0.3) is 0 Å². The number of hydrogen-bond acceptors (Lipinski definition) is 5. The maximum atomic E-state index is 12.9. The normalized spacial score (nSPS) is 28.9. The molecule has 128 valence electrons. The topological polar surface area (TPSA) is 62.5 Å². The van der Waals surface area contributed by atoms with Crippen LogP contribution in [0.3, 0.4) is 0 Å². The molecule has 5 nitrogen and oxygen atoms in total. The number of aryl methyl sites for hydroxylation is 1. The first-order valence-corrected chi connectivity index (χ1v) is 9.60. The van der Waals surface area contributed by atoms with Crippen LogP contribution in [0.15, 0.2) is 6.20 Å². The molecule has 2 heterocycles. The second-order valence-electron chi connectivity index (χ2n) is 7.08. The van der Waals surface area contributed by atoms with Gasteiger partial charge in [-0.25, -0.2) is 4.98 Å². The van der Waals surface area contributed by atoms with Gasteiger partial charge in [-0.15, -0.1) is 11.3 Å². The van der Waals surface area contributed by atoms with E-state index in [1.165, 1.54) is 4.88 Å². The SMILES string of the molecule is CCc1cnc(N2CCN(C(=O)C3CCCCC3(C)N)CC2)s1. The van der Waals surface area contributed by atoms with Crippen LogP contribution in [-0.2, 0) is 11.2 Å². The molecule has 3 rings (SSSR count). The highest BCUT2D eigenvalue weighted by atomic mass is 32.1. The first-order chi connectivity index (χ1) is 11.0. The summed E-state index contributed by atoms with van der Waals surface area (Å²) in [5.74, 6) is 0.261. The number of aromatic nitrogens is 1. The van der Waals surface area contributed by atoms with Gasteiger partial charge >= 0.3 is 0 Å². The molecule has 0 radical (unpaired) electrons. The van der Waals surface area contributed by atoms with E-state index in [9.17, 15) is 4.79 Å². The summed E-state index contributed by atoms with van der Waals surface area (Å²) in [7, 11) is 0. The number of nitrogens with two attached hydrogens (primary N) is 1. The van der Waals surface area contributed by atoms with E-state index >= 15 is 0 Å². The fourth-order valence-electron chi connectivity index (χ4n) is 3.71. The molecule has 2 aliphatic rings. The number of thiazole rings is 1. The van der Waals surface area contributed by atoms with Crippen molar-refractivity contribution in [2.75, 3.05) is 31.1 Å². The van der Waals surface area contributed by atoms with E-state index in [-0.39, 0.29) is 17.4 Å². The molecule has 2 unspecified atom stereocenters. The van der Waals surface area contributed by atoms with Gasteiger partial charge in [0.05, 0.1) is 5.92 Å². The molecule has 0 spiro atoms. The van der Waals surface area contributed by atoms with Crippen molar-refractivity contribution in [2.24, 2.45) is 11.7 Å². The zero-order valence-electron chi connectivity index (χ0n) is 14.3. The van der Waals surface area contributed by atoms with Crippen molar-refractivity contribution >= 4 is 22.4 Å². The number of carbonyl (C=O) groups is 1. The zero-order chi connectivity index (χ0) is 16.4. The van der Waals surface area contributed by atoms with Gasteiger partial charge in [-0.3, -0.25) is 4.79 Å². The van der Waals surface area contributed by atoms with Crippen LogP contribution >= 0.6 is 11.3 Å². The number of rotatable bonds is 3. The summed E-state index contributed by atoms with van der Waals surface area (Å²) < 4.78 is 0. The number of nitrogens with zero attached hydrogens (tertiary/aromatic N) is 3. The maximum Gasteiger partial charge on any atom is 0.227 e. The number of hydrogen-bond donors (Lipinski definition) is 1. The predicted molar refractivity (Wildman–Crippen MR) is 94.8 cm³/mol. The van der Waals surface area contributed by atoms with E-state index in [4.69, 9.17) is 5.73 Å². The van der Waals surface area contributed by atoms with Gasteiger partial charge in [0.15, 0.2) is 5.13 Å². The molecule has 0 aromatic carbocycles. The number of carbonyl (C=O) groups excluding carboxylic acids is 1. The van der Waals surface area contributed by atoms with Crippen LogP contribution < -0.4 is 10.6 Å². The molecule has 1 aliphatic carbocycles. The minimum atomic E-state index is -0.336. The van der Waals surface area contributed by atoms with E-state index in [1.807, 2.05) is 18.0 Å². The average molecular weight is 337 g/mol. The van der Waals surface area contributed by atoms with Crippen molar-refractivity contribution in [3.8, 4) is 0 Å². The van der Waals surface area contributed by atoms with Gasteiger partial charge in [0, 0.05) is 42.8 Å². The molecule has 1 aliphatic heterocycles. The van der Waals surface area contributed by atoms with Gasteiger partial charge in [-0.2, -0.15) is 0 Å². The van der Waals surface area contributed by atoms with Gasteiger partial charge in [-0.05, 0) is 26.2 Å². The van der Waals surface area contributed by atoms with Crippen LogP contribution in [0.5, 0.6) is 0 Å². The smallest absolute Gasteiger partial charge is 0.227 e. The molecule has 0 bridgehead atoms. The Morgan fingerprint density at radius 1 is 1.39 bits per heavy atom. The third-order valence-corrected chi connectivity index (χ3v) is 6.51. The van der Waals surface area contributed by atoms with E-state index < -0.39 is 0 Å². The third-order valence-electron chi connectivity index (χ3n) is 5.30. The van der Waals surface area contributed by atoms with Gasteiger partial charge in [0.1, 0.15) is 0 Å². The lowest BCUT2D eigenvalue weighted by molar-refractivity contribution is -0.139. The second kappa shape index (κ2) is 6.77. The molecule has 2 fully saturated rings. The molecule has 23 heavy (non-hydrogen) atoms. The molecule has 2 atom stereocenters. The Bertz CT molecular complexity index is 549. The predicted octanol–water partition coefficient (Wildman–Crippen LogP) is 2.26. The van der Waals surface area contributed by atoms with Crippen LogP contribution in [0, 0.1) is 5.92 Å². The Labute approximate surface area is 142 Å². The van der Waals surface area contributed by atoms with Crippen molar-refractivity contribution in [2.45, 2.75) is 51.5 Å². The van der Waals surface area contributed by atoms with Crippen molar-refractivity contribution in [3.05, 3.63) is 11.1 Å². The lowest BCUT2D eigenvalue weighted by Crippen LogP contribution is -2.57. The van der Waals surface area contributed by atoms with Crippen LogP contribution in [0.2, 0.25) is 0 Å². The van der Waals surface area contributed by atoms with Gasteiger partial charge < -0.3 is 15.5 Å². The fourth-order valence-corrected chi connectivity index (χ4v) is 4.61. The fraction of sp³-hybridized carbons (Fsp3) is 0.765. The zero-order valence-corrected chi connectivity index (χ0v) is 15.1. The monoisotopic (exact) mass is 336 g/mol. The lowest BCUT2D eigenvalue weighted by Gasteiger charge is -2.42. The summed E-state index contributed by atoms with van der Waals surface area (Å²) in [4.78, 5) is 23.0. The van der Waals surface area contributed by atoms with Crippen LogP contribution in [0.1, 0.15) is 44.4 Å². The van der Waals surface area contributed by atoms with Crippen molar-refractivity contribution in [1.29, 1.82) is 0 Å². The number of amides is 1. The van der Waals surface area contributed by atoms with Crippen LogP contribution in [0.4, 0.5) is 5.13 Å².